The second-order valence-corrected chi connectivity index (χ2v) is 3.20. The molecule has 0 aliphatic rings. The van der Waals surface area contributed by atoms with E-state index in [9.17, 15) is 9.59 Å². The first-order valence-corrected chi connectivity index (χ1v) is 5.06. The predicted molar refractivity (Wildman–Crippen MR) is 57.5 cm³/mol. The summed E-state index contributed by atoms with van der Waals surface area (Å²) >= 11 is 0. The van der Waals surface area contributed by atoms with Gasteiger partial charge in [0.25, 0.3) is 5.91 Å². The van der Waals surface area contributed by atoms with Gasteiger partial charge in [0, 0.05) is 20.2 Å². The first kappa shape index (κ1) is 12.4. The topological polar surface area (TPSA) is 59.8 Å². The number of carbonyl (C=O) groups excluding carboxylic acids is 2. The van der Waals surface area contributed by atoms with E-state index in [2.05, 4.69) is 0 Å². The molecule has 1 amide bonds. The number of methoxy groups -OCH3 is 1. The van der Waals surface area contributed by atoms with Crippen molar-refractivity contribution in [1.82, 2.24) is 4.90 Å². The monoisotopic (exact) mass is 225 g/mol. The molecule has 0 N–H and O–H groups in total. The number of likely N-dealkylation sites (N-methyl/N-ethyl adjacent to an activating group) is 1. The van der Waals surface area contributed by atoms with Crippen LogP contribution in [-0.2, 0) is 4.74 Å². The summed E-state index contributed by atoms with van der Waals surface area (Å²) in [6.45, 7) is 3.42. The molecule has 16 heavy (non-hydrogen) atoms. The van der Waals surface area contributed by atoms with Crippen LogP contribution in [0.1, 0.15) is 28.0 Å². The van der Waals surface area contributed by atoms with E-state index in [1.54, 1.807) is 12.0 Å². The molecule has 0 spiro atoms. The molecule has 5 nitrogen and oxygen atoms in total. The van der Waals surface area contributed by atoms with E-state index < -0.39 is 0 Å². The molecule has 0 aliphatic heterocycles. The van der Waals surface area contributed by atoms with Crippen molar-refractivity contribution in [3.63, 3.8) is 0 Å². The average molecular weight is 225 g/mol. The highest BCUT2D eigenvalue weighted by Gasteiger charge is 2.17. The Morgan fingerprint density at radius 1 is 1.56 bits per heavy atom. The average Bonchev–Trinajstić information content (AvgIpc) is 2.78. The lowest BCUT2D eigenvalue weighted by molar-refractivity contribution is 0.0674. The number of furan rings is 1. The van der Waals surface area contributed by atoms with Gasteiger partial charge >= 0.3 is 0 Å². The quantitative estimate of drug-likeness (QED) is 0.682. The summed E-state index contributed by atoms with van der Waals surface area (Å²) in [5.41, 5.74) is 0. The number of hydrogen-bond acceptors (Lipinski definition) is 4. The zero-order valence-electron chi connectivity index (χ0n) is 9.43. The van der Waals surface area contributed by atoms with E-state index in [0.29, 0.717) is 26.0 Å². The fourth-order valence-corrected chi connectivity index (χ4v) is 1.29. The molecule has 0 unspecified atom stereocenters. The van der Waals surface area contributed by atoms with Crippen molar-refractivity contribution in [2.24, 2.45) is 0 Å². The summed E-state index contributed by atoms with van der Waals surface area (Å²) in [5.74, 6) is 0.110. The van der Waals surface area contributed by atoms with Crippen molar-refractivity contribution >= 4 is 12.2 Å². The molecule has 5 heteroatoms. The van der Waals surface area contributed by atoms with Gasteiger partial charge in [0.15, 0.2) is 17.8 Å². The molecule has 0 radical (unpaired) electrons. The second-order valence-electron chi connectivity index (χ2n) is 3.20. The van der Waals surface area contributed by atoms with Gasteiger partial charge < -0.3 is 14.1 Å². The maximum atomic E-state index is 11.9. The Bertz CT molecular complexity index is 359. The summed E-state index contributed by atoms with van der Waals surface area (Å²) in [6.07, 6.45) is 0.572. The minimum Gasteiger partial charge on any atom is -0.448 e. The largest absolute Gasteiger partial charge is 0.448 e. The van der Waals surface area contributed by atoms with E-state index in [1.165, 1.54) is 12.1 Å². The molecule has 1 rings (SSSR count). The van der Waals surface area contributed by atoms with Crippen molar-refractivity contribution in [2.45, 2.75) is 6.92 Å². The predicted octanol–water partition coefficient (Wildman–Crippen LogP) is 1.20. The van der Waals surface area contributed by atoms with E-state index in [0.717, 1.165) is 0 Å². The van der Waals surface area contributed by atoms with Crippen molar-refractivity contribution in [2.75, 3.05) is 26.8 Å². The van der Waals surface area contributed by atoms with Gasteiger partial charge in [0.1, 0.15) is 0 Å². The van der Waals surface area contributed by atoms with Crippen LogP contribution in [0.3, 0.4) is 0 Å². The molecule has 1 aromatic heterocycles. The Labute approximate surface area is 94.0 Å². The van der Waals surface area contributed by atoms with Gasteiger partial charge in [-0.25, -0.2) is 0 Å². The number of rotatable bonds is 6. The van der Waals surface area contributed by atoms with E-state index in [4.69, 9.17) is 9.15 Å². The number of amides is 1. The molecular formula is C11H15NO4. The van der Waals surface area contributed by atoms with Crippen LogP contribution in [0.2, 0.25) is 0 Å². The van der Waals surface area contributed by atoms with Crippen LogP contribution in [0.15, 0.2) is 16.5 Å². The van der Waals surface area contributed by atoms with Crippen molar-refractivity contribution in [3.05, 3.63) is 23.7 Å². The van der Waals surface area contributed by atoms with Gasteiger partial charge in [-0.15, -0.1) is 0 Å². The number of aldehydes is 1. The first-order valence-electron chi connectivity index (χ1n) is 5.06. The standard InChI is InChI=1S/C11H15NO4/c1-3-12(6-7-15-2)11(14)10-5-4-9(8-13)16-10/h4-5,8H,3,6-7H2,1-2H3. The minimum atomic E-state index is -0.229. The Morgan fingerprint density at radius 2 is 2.31 bits per heavy atom. The van der Waals surface area contributed by atoms with Crippen molar-refractivity contribution in [1.29, 1.82) is 0 Å². The maximum Gasteiger partial charge on any atom is 0.289 e. The van der Waals surface area contributed by atoms with Crippen molar-refractivity contribution in [3.8, 4) is 0 Å². The molecule has 0 aliphatic carbocycles. The lowest BCUT2D eigenvalue weighted by Crippen LogP contribution is -2.33. The Balaban J connectivity index is 2.70. The zero-order chi connectivity index (χ0) is 12.0. The van der Waals surface area contributed by atoms with Crippen LogP contribution in [0.5, 0.6) is 0 Å². The molecule has 0 saturated carbocycles. The third-order valence-corrected chi connectivity index (χ3v) is 2.19. The highest BCUT2D eigenvalue weighted by atomic mass is 16.5. The molecule has 1 aromatic rings. The maximum absolute atomic E-state index is 11.9. The van der Waals surface area contributed by atoms with E-state index in [1.807, 2.05) is 6.92 Å². The van der Waals surface area contributed by atoms with E-state index in [-0.39, 0.29) is 17.4 Å². The van der Waals surface area contributed by atoms with Crippen LogP contribution < -0.4 is 0 Å². The smallest absolute Gasteiger partial charge is 0.289 e. The first-order chi connectivity index (χ1) is 7.72. The SMILES string of the molecule is CCN(CCOC)C(=O)c1ccc(C=O)o1. The lowest BCUT2D eigenvalue weighted by atomic mass is 10.3. The summed E-state index contributed by atoms with van der Waals surface area (Å²) in [7, 11) is 1.58. The molecular weight excluding hydrogens is 210 g/mol. The van der Waals surface area contributed by atoms with Crippen LogP contribution in [0.25, 0.3) is 0 Å². The van der Waals surface area contributed by atoms with Crippen LogP contribution in [-0.4, -0.2) is 43.9 Å². The van der Waals surface area contributed by atoms with Gasteiger partial charge in [0.05, 0.1) is 6.61 Å². The number of nitrogens with zero attached hydrogens (tertiary/aromatic N) is 1. The van der Waals surface area contributed by atoms with Gasteiger partial charge in [-0.05, 0) is 19.1 Å². The van der Waals surface area contributed by atoms with Crippen molar-refractivity contribution < 1.29 is 18.7 Å². The Kier molecular flexibility index (Phi) is 4.72. The van der Waals surface area contributed by atoms with Crippen LogP contribution >= 0.6 is 0 Å². The number of hydrogen-bond donors (Lipinski definition) is 0. The highest BCUT2D eigenvalue weighted by molar-refractivity contribution is 5.92. The third kappa shape index (κ3) is 2.93. The number of carbonyl (C=O) groups is 2. The zero-order valence-corrected chi connectivity index (χ0v) is 9.43. The van der Waals surface area contributed by atoms with Gasteiger partial charge in [0.2, 0.25) is 0 Å². The molecule has 0 bridgehead atoms. The highest BCUT2D eigenvalue weighted by Crippen LogP contribution is 2.09. The van der Waals surface area contributed by atoms with Gasteiger partial charge in [-0.3, -0.25) is 9.59 Å². The summed E-state index contributed by atoms with van der Waals surface area (Å²) in [6, 6.07) is 2.98. The van der Waals surface area contributed by atoms with Gasteiger partial charge in [-0.2, -0.15) is 0 Å². The lowest BCUT2D eigenvalue weighted by Gasteiger charge is -2.18. The second kappa shape index (κ2) is 6.07. The molecule has 0 atom stereocenters. The molecule has 88 valence electrons. The normalized spacial score (nSPS) is 10.1. The molecule has 1 heterocycles. The molecule has 0 saturated heterocycles. The fraction of sp³-hybridized carbons (Fsp3) is 0.455. The van der Waals surface area contributed by atoms with Crippen LogP contribution in [0.4, 0.5) is 0 Å². The number of ether oxygens (including phenoxy) is 1. The summed E-state index contributed by atoms with van der Waals surface area (Å²) < 4.78 is 9.96. The summed E-state index contributed by atoms with van der Waals surface area (Å²) in [4.78, 5) is 23.9. The Morgan fingerprint density at radius 3 is 2.81 bits per heavy atom. The van der Waals surface area contributed by atoms with E-state index >= 15 is 0 Å². The summed E-state index contributed by atoms with van der Waals surface area (Å²) in [5, 5.41) is 0. The molecule has 0 fully saturated rings. The molecule has 0 aromatic carbocycles. The Hall–Kier alpha value is -1.62. The van der Waals surface area contributed by atoms with Crippen LogP contribution in [0, 0.1) is 0 Å². The fourth-order valence-electron chi connectivity index (χ4n) is 1.29. The third-order valence-electron chi connectivity index (χ3n) is 2.19. The van der Waals surface area contributed by atoms with Gasteiger partial charge in [-0.1, -0.05) is 0 Å². The minimum absolute atomic E-state index is 0.158.